The highest BCUT2D eigenvalue weighted by Crippen LogP contribution is 2.22. The van der Waals surface area contributed by atoms with Crippen LogP contribution < -0.4 is 5.32 Å². The Hall–Kier alpha value is -1.19. The highest BCUT2D eigenvalue weighted by Gasteiger charge is 2.14. The molecule has 1 aromatic heterocycles. The van der Waals surface area contributed by atoms with Gasteiger partial charge in [0.2, 0.25) is 0 Å². The molecule has 0 aliphatic carbocycles. The lowest BCUT2D eigenvalue weighted by molar-refractivity contribution is 0.119. The number of hydrogen-bond acceptors (Lipinski definition) is 4. The van der Waals surface area contributed by atoms with Crippen LogP contribution >= 0.6 is 35.3 Å². The maximum absolute atomic E-state index is 5.34. The van der Waals surface area contributed by atoms with Crippen molar-refractivity contribution in [1.82, 2.24) is 15.2 Å². The molecule has 162 valence electrons. The van der Waals surface area contributed by atoms with Crippen LogP contribution in [0.25, 0.3) is 0 Å². The number of nitrogens with one attached hydrogen (secondary N) is 1. The largest absolute Gasteiger partial charge is 0.375 e. The molecule has 1 aromatic carbocycles. The van der Waals surface area contributed by atoms with Crippen LogP contribution in [0.1, 0.15) is 55.6 Å². The Bertz CT molecular complexity index is 768. The van der Waals surface area contributed by atoms with Gasteiger partial charge < -0.3 is 15.0 Å². The zero-order valence-electron chi connectivity index (χ0n) is 18.7. The number of methoxy groups -OCH3 is 1. The summed E-state index contributed by atoms with van der Waals surface area (Å²) < 4.78 is 5.34. The van der Waals surface area contributed by atoms with Gasteiger partial charge in [-0.25, -0.2) is 4.98 Å². The molecule has 1 atom stereocenters. The third-order valence-corrected chi connectivity index (χ3v) is 5.81. The van der Waals surface area contributed by atoms with E-state index < -0.39 is 0 Å². The molecule has 0 radical (unpaired) electrons. The molecular formula is C22H35IN4OS. The lowest BCUT2D eigenvalue weighted by Crippen LogP contribution is -2.39. The predicted molar refractivity (Wildman–Crippen MR) is 135 cm³/mol. The Morgan fingerprint density at radius 3 is 2.48 bits per heavy atom. The number of nitrogens with zero attached hydrogens (tertiary/aromatic N) is 3. The van der Waals surface area contributed by atoms with E-state index in [1.165, 1.54) is 11.1 Å². The highest BCUT2D eigenvalue weighted by atomic mass is 127. The third kappa shape index (κ3) is 7.86. The normalized spacial score (nSPS) is 13.0. The van der Waals surface area contributed by atoms with Crippen molar-refractivity contribution >= 4 is 41.3 Å². The summed E-state index contributed by atoms with van der Waals surface area (Å²) in [5.41, 5.74) is 3.92. The highest BCUT2D eigenvalue weighted by molar-refractivity contribution is 14.0. The first-order valence-corrected chi connectivity index (χ1v) is 10.6. The zero-order chi connectivity index (χ0) is 20.7. The molecule has 0 saturated carbocycles. The van der Waals surface area contributed by atoms with E-state index in [1.54, 1.807) is 18.4 Å². The van der Waals surface area contributed by atoms with Gasteiger partial charge in [0.1, 0.15) is 11.1 Å². The Morgan fingerprint density at radius 1 is 1.28 bits per heavy atom. The fourth-order valence-electron chi connectivity index (χ4n) is 2.88. The van der Waals surface area contributed by atoms with Crippen molar-refractivity contribution in [3.63, 3.8) is 0 Å². The molecule has 2 aromatic rings. The molecule has 7 heteroatoms. The van der Waals surface area contributed by atoms with E-state index in [9.17, 15) is 0 Å². The predicted octanol–water partition coefficient (Wildman–Crippen LogP) is 5.02. The molecule has 0 bridgehead atoms. The first-order valence-electron chi connectivity index (χ1n) is 9.73. The lowest BCUT2D eigenvalue weighted by Gasteiger charge is -2.21. The van der Waals surface area contributed by atoms with Crippen molar-refractivity contribution in [2.45, 2.75) is 52.2 Å². The van der Waals surface area contributed by atoms with Gasteiger partial charge in [0.25, 0.3) is 0 Å². The fourth-order valence-corrected chi connectivity index (χ4v) is 3.72. The van der Waals surface area contributed by atoms with E-state index in [-0.39, 0.29) is 35.5 Å². The second-order valence-corrected chi connectivity index (χ2v) is 8.97. The summed E-state index contributed by atoms with van der Waals surface area (Å²) in [6.45, 7) is 10.3. The van der Waals surface area contributed by atoms with Crippen molar-refractivity contribution in [3.8, 4) is 0 Å². The molecule has 1 heterocycles. The van der Waals surface area contributed by atoms with Crippen LogP contribution in [-0.4, -0.2) is 43.6 Å². The van der Waals surface area contributed by atoms with Gasteiger partial charge in [-0.2, -0.15) is 0 Å². The summed E-state index contributed by atoms with van der Waals surface area (Å²) in [4.78, 5) is 11.2. The number of ether oxygens (including phenoxy) is 1. The first-order chi connectivity index (χ1) is 13.2. The maximum atomic E-state index is 5.34. The summed E-state index contributed by atoms with van der Waals surface area (Å²) >= 11 is 1.64. The lowest BCUT2D eigenvalue weighted by atomic mass is 9.86. The van der Waals surface area contributed by atoms with Crippen molar-refractivity contribution in [1.29, 1.82) is 0 Å². The van der Waals surface area contributed by atoms with Gasteiger partial charge in [-0.3, -0.25) is 4.99 Å². The molecule has 0 amide bonds. The molecular weight excluding hydrogens is 495 g/mol. The Balaban J connectivity index is 0.00000420. The summed E-state index contributed by atoms with van der Waals surface area (Å²) in [6, 6.07) is 8.92. The van der Waals surface area contributed by atoms with Crippen molar-refractivity contribution in [2.24, 2.45) is 4.99 Å². The van der Waals surface area contributed by atoms with Gasteiger partial charge in [0, 0.05) is 33.1 Å². The summed E-state index contributed by atoms with van der Waals surface area (Å²) in [5.74, 6) is 0.876. The van der Waals surface area contributed by atoms with Crippen LogP contribution in [0.4, 0.5) is 0 Å². The van der Waals surface area contributed by atoms with Gasteiger partial charge in [0.15, 0.2) is 5.96 Å². The molecule has 1 N–H and O–H groups in total. The SMILES string of the molecule is CN=C(NCCc1ccc(C(C)(C)C)cc1)N(C)Cc1csc(C(C)OC)n1.I. The number of halogens is 1. The number of rotatable bonds is 7. The minimum atomic E-state index is 0. The first kappa shape index (κ1) is 25.8. The van der Waals surface area contributed by atoms with E-state index in [4.69, 9.17) is 4.74 Å². The number of benzene rings is 1. The average Bonchev–Trinajstić information content (AvgIpc) is 3.12. The number of aliphatic imine (C=N–C) groups is 1. The third-order valence-electron chi connectivity index (χ3n) is 4.76. The van der Waals surface area contributed by atoms with Crippen LogP contribution in [0.5, 0.6) is 0 Å². The minimum Gasteiger partial charge on any atom is -0.375 e. The Kier molecular flexibility index (Phi) is 10.6. The maximum Gasteiger partial charge on any atom is 0.193 e. The van der Waals surface area contributed by atoms with E-state index in [2.05, 4.69) is 70.6 Å². The van der Waals surface area contributed by atoms with Gasteiger partial charge in [0.05, 0.1) is 12.2 Å². The number of aromatic nitrogens is 1. The van der Waals surface area contributed by atoms with Crippen molar-refractivity contribution < 1.29 is 4.74 Å². The van der Waals surface area contributed by atoms with Crippen LogP contribution in [0.2, 0.25) is 0 Å². The topological polar surface area (TPSA) is 49.8 Å². The van der Waals surface area contributed by atoms with Crippen LogP contribution in [0.15, 0.2) is 34.6 Å². The van der Waals surface area contributed by atoms with Crippen LogP contribution in [0.3, 0.4) is 0 Å². The van der Waals surface area contributed by atoms with Crippen LogP contribution in [0, 0.1) is 0 Å². The average molecular weight is 531 g/mol. The fraction of sp³-hybridized carbons (Fsp3) is 0.545. The molecule has 29 heavy (non-hydrogen) atoms. The van der Waals surface area contributed by atoms with Gasteiger partial charge >= 0.3 is 0 Å². The smallest absolute Gasteiger partial charge is 0.193 e. The van der Waals surface area contributed by atoms with Gasteiger partial charge in [-0.1, -0.05) is 45.0 Å². The molecule has 1 unspecified atom stereocenters. The van der Waals surface area contributed by atoms with Crippen LogP contribution in [-0.2, 0) is 23.1 Å². The van der Waals surface area contributed by atoms with E-state index in [1.807, 2.05) is 21.0 Å². The molecule has 0 fully saturated rings. The molecule has 0 spiro atoms. The second-order valence-electron chi connectivity index (χ2n) is 8.08. The van der Waals surface area contributed by atoms with Gasteiger partial charge in [-0.15, -0.1) is 35.3 Å². The number of guanidine groups is 1. The Morgan fingerprint density at radius 2 is 1.93 bits per heavy atom. The molecule has 0 aliphatic heterocycles. The van der Waals surface area contributed by atoms with Gasteiger partial charge in [-0.05, 0) is 29.9 Å². The second kappa shape index (κ2) is 11.9. The van der Waals surface area contributed by atoms with Crippen molar-refractivity contribution in [3.05, 3.63) is 51.5 Å². The van der Waals surface area contributed by atoms with Crippen molar-refractivity contribution in [2.75, 3.05) is 27.7 Å². The molecule has 5 nitrogen and oxygen atoms in total. The minimum absolute atomic E-state index is 0. The molecule has 0 aliphatic rings. The summed E-state index contributed by atoms with van der Waals surface area (Å²) in [5, 5.41) is 6.55. The summed E-state index contributed by atoms with van der Waals surface area (Å²) in [7, 11) is 5.56. The monoisotopic (exact) mass is 530 g/mol. The molecule has 0 saturated heterocycles. The van der Waals surface area contributed by atoms with E-state index >= 15 is 0 Å². The van der Waals surface area contributed by atoms with E-state index in [0.29, 0.717) is 6.54 Å². The summed E-state index contributed by atoms with van der Waals surface area (Å²) in [6.07, 6.45) is 0.995. The Labute approximate surface area is 197 Å². The standard InChI is InChI=1S/C22H34N4OS.HI/c1-16(27-7)20-25-19(15-28-20)14-26(6)21(23-5)24-13-12-17-8-10-18(11-9-17)22(2,3)4;/h8-11,15-16H,12-14H2,1-7H3,(H,23,24);1H. The zero-order valence-corrected chi connectivity index (χ0v) is 21.8. The number of hydrogen-bond donors (Lipinski definition) is 1. The molecule has 2 rings (SSSR count). The number of thiazole rings is 1. The quantitative estimate of drug-likeness (QED) is 0.311. The van der Waals surface area contributed by atoms with E-state index in [0.717, 1.165) is 29.6 Å².